The maximum Gasteiger partial charge on any atom is 0.137 e. The Hall–Kier alpha value is -0.840. The van der Waals surface area contributed by atoms with Crippen molar-refractivity contribution in [2.24, 2.45) is 29.6 Å². The second kappa shape index (κ2) is 3.87. The Labute approximate surface area is 97.0 Å². The molecular formula is C14H19NO. The third-order valence-electron chi connectivity index (χ3n) is 5.08. The van der Waals surface area contributed by atoms with E-state index in [1.54, 1.807) is 0 Å². The zero-order chi connectivity index (χ0) is 11.1. The van der Waals surface area contributed by atoms with Crippen molar-refractivity contribution in [2.75, 3.05) is 0 Å². The third-order valence-corrected chi connectivity index (χ3v) is 5.08. The first-order chi connectivity index (χ1) is 7.78. The maximum atomic E-state index is 12.1. The quantitative estimate of drug-likeness (QED) is 0.729. The van der Waals surface area contributed by atoms with Crippen molar-refractivity contribution in [3.05, 3.63) is 0 Å². The van der Waals surface area contributed by atoms with Gasteiger partial charge in [-0.2, -0.15) is 5.26 Å². The Morgan fingerprint density at radius 2 is 1.62 bits per heavy atom. The highest BCUT2D eigenvalue weighted by atomic mass is 16.1. The van der Waals surface area contributed by atoms with Crippen LogP contribution in [0, 0.1) is 40.9 Å². The largest absolute Gasteiger partial charge is 0.299 e. The Kier molecular flexibility index (Phi) is 2.50. The number of nitrogens with zero attached hydrogens (tertiary/aromatic N) is 1. The standard InChI is InChI=1S/C14H19NO/c15-3-1-2-13(16)14-11-5-9-4-10(7-11)8-12(14)6-9/h9-12,14H,1-2,4-8H2. The van der Waals surface area contributed by atoms with Gasteiger partial charge in [0.15, 0.2) is 0 Å². The highest BCUT2D eigenvalue weighted by molar-refractivity contribution is 5.82. The molecule has 4 bridgehead atoms. The molecule has 0 atom stereocenters. The molecule has 2 heteroatoms. The summed E-state index contributed by atoms with van der Waals surface area (Å²) in [4.78, 5) is 12.1. The van der Waals surface area contributed by atoms with Gasteiger partial charge in [0.25, 0.3) is 0 Å². The van der Waals surface area contributed by atoms with Crippen LogP contribution in [0.25, 0.3) is 0 Å². The molecule has 4 rings (SSSR count). The molecule has 0 aliphatic heterocycles. The van der Waals surface area contributed by atoms with Crippen LogP contribution in [-0.4, -0.2) is 5.78 Å². The molecule has 86 valence electrons. The first-order valence-corrected chi connectivity index (χ1v) is 6.67. The molecule has 4 saturated carbocycles. The molecule has 0 aromatic rings. The van der Waals surface area contributed by atoms with Crippen LogP contribution in [0.4, 0.5) is 0 Å². The Morgan fingerprint density at radius 3 is 2.12 bits per heavy atom. The van der Waals surface area contributed by atoms with Crippen LogP contribution in [0.5, 0.6) is 0 Å². The van der Waals surface area contributed by atoms with Crippen molar-refractivity contribution in [1.82, 2.24) is 0 Å². The maximum absolute atomic E-state index is 12.1. The monoisotopic (exact) mass is 217 g/mol. The lowest BCUT2D eigenvalue weighted by Gasteiger charge is -2.53. The van der Waals surface area contributed by atoms with E-state index in [0.717, 1.165) is 11.8 Å². The summed E-state index contributed by atoms with van der Waals surface area (Å²) in [6, 6.07) is 2.10. The van der Waals surface area contributed by atoms with Gasteiger partial charge in [-0.3, -0.25) is 4.79 Å². The number of ketones is 1. The molecule has 0 saturated heterocycles. The average molecular weight is 217 g/mol. The molecule has 0 heterocycles. The fourth-order valence-corrected chi connectivity index (χ4v) is 4.80. The average Bonchev–Trinajstić information content (AvgIpc) is 2.24. The van der Waals surface area contributed by atoms with Crippen LogP contribution in [0.1, 0.15) is 44.9 Å². The fourth-order valence-electron chi connectivity index (χ4n) is 4.80. The van der Waals surface area contributed by atoms with Crippen LogP contribution in [-0.2, 0) is 4.79 Å². The van der Waals surface area contributed by atoms with Crippen molar-refractivity contribution < 1.29 is 4.79 Å². The summed E-state index contributed by atoms with van der Waals surface area (Å²) in [6.45, 7) is 0. The number of nitriles is 1. The summed E-state index contributed by atoms with van der Waals surface area (Å²) >= 11 is 0. The second-order valence-corrected chi connectivity index (χ2v) is 6.08. The number of hydrogen-bond acceptors (Lipinski definition) is 2. The minimum absolute atomic E-state index is 0.334. The van der Waals surface area contributed by atoms with E-state index in [4.69, 9.17) is 5.26 Å². The van der Waals surface area contributed by atoms with Crippen molar-refractivity contribution in [3.63, 3.8) is 0 Å². The molecule has 2 nitrogen and oxygen atoms in total. The van der Waals surface area contributed by atoms with Crippen LogP contribution in [0.3, 0.4) is 0 Å². The van der Waals surface area contributed by atoms with Crippen molar-refractivity contribution in [1.29, 1.82) is 5.26 Å². The lowest BCUT2D eigenvalue weighted by atomic mass is 9.51. The minimum atomic E-state index is 0.334. The first-order valence-electron chi connectivity index (χ1n) is 6.67. The van der Waals surface area contributed by atoms with Crippen LogP contribution >= 0.6 is 0 Å². The van der Waals surface area contributed by atoms with E-state index in [1.807, 2.05) is 0 Å². The van der Waals surface area contributed by atoms with Crippen LogP contribution < -0.4 is 0 Å². The highest BCUT2D eigenvalue weighted by Gasteiger charge is 2.50. The molecule has 0 aromatic heterocycles. The van der Waals surface area contributed by atoms with Gasteiger partial charge in [-0.25, -0.2) is 0 Å². The summed E-state index contributed by atoms with van der Waals surface area (Å²) in [7, 11) is 0. The first kappa shape index (κ1) is 10.3. The van der Waals surface area contributed by atoms with Crippen LogP contribution in [0.2, 0.25) is 0 Å². The molecule has 0 unspecified atom stereocenters. The Balaban J connectivity index is 1.72. The number of hydrogen-bond donors (Lipinski definition) is 0. The highest BCUT2D eigenvalue weighted by Crippen LogP contribution is 2.56. The fraction of sp³-hybridized carbons (Fsp3) is 0.857. The van der Waals surface area contributed by atoms with E-state index >= 15 is 0 Å². The van der Waals surface area contributed by atoms with E-state index in [9.17, 15) is 4.79 Å². The van der Waals surface area contributed by atoms with Crippen molar-refractivity contribution >= 4 is 5.78 Å². The van der Waals surface area contributed by atoms with E-state index in [-0.39, 0.29) is 0 Å². The van der Waals surface area contributed by atoms with E-state index in [1.165, 1.54) is 32.1 Å². The molecule has 4 aliphatic carbocycles. The molecule has 0 spiro atoms. The molecule has 4 aliphatic rings. The Morgan fingerprint density at radius 1 is 1.06 bits per heavy atom. The molecule has 16 heavy (non-hydrogen) atoms. The zero-order valence-electron chi connectivity index (χ0n) is 9.69. The van der Waals surface area contributed by atoms with Gasteiger partial charge in [-0.1, -0.05) is 0 Å². The van der Waals surface area contributed by atoms with Gasteiger partial charge < -0.3 is 0 Å². The van der Waals surface area contributed by atoms with Gasteiger partial charge in [0.05, 0.1) is 6.07 Å². The Bertz CT molecular complexity index is 313. The van der Waals surface area contributed by atoms with Gasteiger partial charge in [0.1, 0.15) is 5.78 Å². The smallest absolute Gasteiger partial charge is 0.137 e. The third kappa shape index (κ3) is 1.57. The van der Waals surface area contributed by atoms with E-state index in [0.29, 0.717) is 36.4 Å². The predicted molar refractivity (Wildman–Crippen MR) is 60.4 cm³/mol. The van der Waals surface area contributed by atoms with Gasteiger partial charge in [0.2, 0.25) is 0 Å². The van der Waals surface area contributed by atoms with Gasteiger partial charge in [-0.15, -0.1) is 0 Å². The summed E-state index contributed by atoms with van der Waals surface area (Å²) in [5.41, 5.74) is 0. The van der Waals surface area contributed by atoms with Gasteiger partial charge in [-0.05, 0) is 55.8 Å². The molecule has 0 amide bonds. The SMILES string of the molecule is N#CCCC(=O)C1C2CC3CC(C2)CC1C3. The zero-order valence-corrected chi connectivity index (χ0v) is 9.69. The summed E-state index contributed by atoms with van der Waals surface area (Å²) in [6.07, 6.45) is 7.56. The van der Waals surface area contributed by atoms with E-state index in [2.05, 4.69) is 6.07 Å². The van der Waals surface area contributed by atoms with Crippen molar-refractivity contribution in [2.45, 2.75) is 44.9 Å². The number of rotatable bonds is 3. The normalized spacial score (nSPS) is 44.3. The number of carbonyl (C=O) groups excluding carboxylic acids is 1. The molecule has 0 radical (unpaired) electrons. The number of Topliss-reactive ketones (excluding diaryl/α,β-unsaturated/α-hetero) is 1. The van der Waals surface area contributed by atoms with Crippen LogP contribution in [0.15, 0.2) is 0 Å². The lowest BCUT2D eigenvalue weighted by Crippen LogP contribution is -2.47. The summed E-state index contributed by atoms with van der Waals surface area (Å²) in [5, 5.41) is 8.56. The molecule has 0 N–H and O–H groups in total. The second-order valence-electron chi connectivity index (χ2n) is 6.08. The van der Waals surface area contributed by atoms with Gasteiger partial charge >= 0.3 is 0 Å². The molecule has 4 fully saturated rings. The molecular weight excluding hydrogens is 198 g/mol. The van der Waals surface area contributed by atoms with Gasteiger partial charge in [0, 0.05) is 18.8 Å². The lowest BCUT2D eigenvalue weighted by molar-refractivity contribution is -0.135. The number of carbonyl (C=O) groups is 1. The van der Waals surface area contributed by atoms with E-state index < -0.39 is 0 Å². The predicted octanol–water partition coefficient (Wildman–Crippen LogP) is 2.93. The summed E-state index contributed by atoms with van der Waals surface area (Å²) < 4.78 is 0. The minimum Gasteiger partial charge on any atom is -0.299 e. The molecule has 0 aromatic carbocycles. The van der Waals surface area contributed by atoms with Crippen molar-refractivity contribution in [3.8, 4) is 6.07 Å². The summed E-state index contributed by atoms with van der Waals surface area (Å²) in [5.74, 6) is 3.96. The topological polar surface area (TPSA) is 40.9 Å².